The molecular formula is C12H22N2O3. The zero-order valence-electron chi connectivity index (χ0n) is 10.6. The lowest BCUT2D eigenvalue weighted by molar-refractivity contribution is -0.139. The molecule has 0 aromatic heterocycles. The van der Waals surface area contributed by atoms with Crippen LogP contribution < -0.4 is 5.32 Å². The first-order chi connectivity index (χ1) is 8.06. The van der Waals surface area contributed by atoms with Crippen molar-refractivity contribution in [3.63, 3.8) is 0 Å². The van der Waals surface area contributed by atoms with E-state index in [9.17, 15) is 9.59 Å². The Kier molecular flexibility index (Phi) is 7.84. The first-order valence-corrected chi connectivity index (χ1v) is 5.95. The van der Waals surface area contributed by atoms with Gasteiger partial charge in [-0.1, -0.05) is 26.3 Å². The lowest BCUT2D eigenvalue weighted by atomic mass is 10.2. The number of nitrogens with zero attached hydrogens (tertiary/aromatic N) is 1. The quantitative estimate of drug-likeness (QED) is 0.638. The van der Waals surface area contributed by atoms with Crippen LogP contribution >= 0.6 is 0 Å². The maximum Gasteiger partial charge on any atom is 0.326 e. The highest BCUT2D eigenvalue weighted by Gasteiger charge is 2.21. The standard InChI is InChI=1S/C12H22N2O3/c1-4-7-10(11(15)16)13-12(17)14(8-5-2)9-6-3/h5,10H,2,4,6-9H2,1,3H3,(H,13,17)(H,15,16)/t10-/m1/s1. The Balaban J connectivity index is 4.43. The van der Waals surface area contributed by atoms with Crippen LogP contribution in [0.25, 0.3) is 0 Å². The number of rotatable bonds is 8. The molecule has 0 aliphatic carbocycles. The van der Waals surface area contributed by atoms with E-state index in [1.165, 1.54) is 0 Å². The smallest absolute Gasteiger partial charge is 0.326 e. The first-order valence-electron chi connectivity index (χ1n) is 5.95. The summed E-state index contributed by atoms with van der Waals surface area (Å²) in [5.74, 6) is -0.991. The number of carboxylic acid groups (broad SMARTS) is 1. The fourth-order valence-electron chi connectivity index (χ4n) is 1.49. The van der Waals surface area contributed by atoms with Crippen LogP contribution in [0.15, 0.2) is 12.7 Å². The highest BCUT2D eigenvalue weighted by atomic mass is 16.4. The van der Waals surface area contributed by atoms with E-state index in [1.54, 1.807) is 11.0 Å². The number of amides is 2. The molecule has 2 amide bonds. The zero-order valence-corrected chi connectivity index (χ0v) is 10.6. The number of carboxylic acids is 1. The Bertz CT molecular complexity index is 266. The topological polar surface area (TPSA) is 69.6 Å². The Morgan fingerprint density at radius 2 is 2.06 bits per heavy atom. The molecule has 0 radical (unpaired) electrons. The van der Waals surface area contributed by atoms with Crippen molar-refractivity contribution in [3.8, 4) is 0 Å². The Morgan fingerprint density at radius 1 is 1.41 bits per heavy atom. The van der Waals surface area contributed by atoms with Crippen LogP contribution in [0.2, 0.25) is 0 Å². The van der Waals surface area contributed by atoms with Crippen LogP contribution in [0, 0.1) is 0 Å². The summed E-state index contributed by atoms with van der Waals surface area (Å²) in [7, 11) is 0. The number of urea groups is 1. The molecule has 2 N–H and O–H groups in total. The van der Waals surface area contributed by atoms with Crippen molar-refractivity contribution in [3.05, 3.63) is 12.7 Å². The van der Waals surface area contributed by atoms with Gasteiger partial charge in [0, 0.05) is 13.1 Å². The van der Waals surface area contributed by atoms with Gasteiger partial charge in [-0.2, -0.15) is 0 Å². The summed E-state index contributed by atoms with van der Waals surface area (Å²) in [6.07, 6.45) is 3.61. The predicted molar refractivity (Wildman–Crippen MR) is 66.9 cm³/mol. The number of hydrogen-bond donors (Lipinski definition) is 2. The molecule has 5 heteroatoms. The number of hydrogen-bond acceptors (Lipinski definition) is 2. The normalized spacial score (nSPS) is 11.6. The highest BCUT2D eigenvalue weighted by Crippen LogP contribution is 2.00. The van der Waals surface area contributed by atoms with Crippen molar-refractivity contribution < 1.29 is 14.7 Å². The van der Waals surface area contributed by atoms with Crippen molar-refractivity contribution in [2.45, 2.75) is 39.2 Å². The van der Waals surface area contributed by atoms with E-state index in [4.69, 9.17) is 5.11 Å². The molecule has 0 saturated heterocycles. The van der Waals surface area contributed by atoms with Crippen molar-refractivity contribution in [1.29, 1.82) is 0 Å². The van der Waals surface area contributed by atoms with Crippen molar-refractivity contribution in [1.82, 2.24) is 10.2 Å². The summed E-state index contributed by atoms with van der Waals surface area (Å²) >= 11 is 0. The van der Waals surface area contributed by atoms with Gasteiger partial charge in [-0.25, -0.2) is 9.59 Å². The fourth-order valence-corrected chi connectivity index (χ4v) is 1.49. The van der Waals surface area contributed by atoms with Gasteiger partial charge >= 0.3 is 12.0 Å². The molecule has 17 heavy (non-hydrogen) atoms. The molecule has 0 saturated carbocycles. The molecule has 98 valence electrons. The number of carbonyl (C=O) groups is 2. The van der Waals surface area contributed by atoms with Crippen molar-refractivity contribution in [2.24, 2.45) is 0 Å². The average Bonchev–Trinajstić information content (AvgIpc) is 2.28. The maximum atomic E-state index is 11.8. The lowest BCUT2D eigenvalue weighted by Crippen LogP contribution is -2.48. The number of nitrogens with one attached hydrogen (secondary N) is 1. The van der Waals surface area contributed by atoms with Gasteiger partial charge in [0.05, 0.1) is 0 Å². The third-order valence-corrected chi connectivity index (χ3v) is 2.30. The molecule has 5 nitrogen and oxygen atoms in total. The second kappa shape index (κ2) is 8.61. The molecule has 0 unspecified atom stereocenters. The van der Waals surface area contributed by atoms with Gasteiger partial charge in [0.25, 0.3) is 0 Å². The summed E-state index contributed by atoms with van der Waals surface area (Å²) in [6, 6.07) is -1.15. The van der Waals surface area contributed by atoms with E-state index in [0.717, 1.165) is 6.42 Å². The summed E-state index contributed by atoms with van der Waals surface area (Å²) in [5, 5.41) is 11.5. The molecule has 0 rings (SSSR count). The van der Waals surface area contributed by atoms with E-state index in [-0.39, 0.29) is 6.03 Å². The van der Waals surface area contributed by atoms with E-state index in [1.807, 2.05) is 13.8 Å². The Labute approximate surface area is 102 Å². The van der Waals surface area contributed by atoms with Crippen molar-refractivity contribution in [2.75, 3.05) is 13.1 Å². The van der Waals surface area contributed by atoms with Gasteiger partial charge in [0.1, 0.15) is 6.04 Å². The average molecular weight is 242 g/mol. The lowest BCUT2D eigenvalue weighted by Gasteiger charge is -2.23. The minimum atomic E-state index is -0.991. The van der Waals surface area contributed by atoms with Crippen LogP contribution in [0.3, 0.4) is 0 Å². The highest BCUT2D eigenvalue weighted by molar-refractivity contribution is 5.82. The second-order valence-corrected chi connectivity index (χ2v) is 3.86. The zero-order chi connectivity index (χ0) is 13.3. The number of carbonyl (C=O) groups excluding carboxylic acids is 1. The second-order valence-electron chi connectivity index (χ2n) is 3.86. The van der Waals surface area contributed by atoms with Crippen LogP contribution in [0.5, 0.6) is 0 Å². The van der Waals surface area contributed by atoms with Crippen LogP contribution in [0.1, 0.15) is 33.1 Å². The molecule has 0 spiro atoms. The molecule has 1 atom stereocenters. The van der Waals surface area contributed by atoms with Crippen molar-refractivity contribution >= 4 is 12.0 Å². The molecule has 0 bridgehead atoms. The van der Waals surface area contributed by atoms with Gasteiger partial charge in [0.2, 0.25) is 0 Å². The fraction of sp³-hybridized carbons (Fsp3) is 0.667. The molecule has 0 aliphatic rings. The summed E-state index contributed by atoms with van der Waals surface area (Å²) < 4.78 is 0. The van der Waals surface area contributed by atoms with E-state index < -0.39 is 12.0 Å². The third-order valence-electron chi connectivity index (χ3n) is 2.30. The monoisotopic (exact) mass is 242 g/mol. The van der Waals surface area contributed by atoms with E-state index >= 15 is 0 Å². The molecule has 0 fully saturated rings. The Hall–Kier alpha value is -1.52. The third kappa shape index (κ3) is 5.94. The SMILES string of the molecule is C=CCN(CCC)C(=O)N[C@H](CCC)C(=O)O. The summed E-state index contributed by atoms with van der Waals surface area (Å²) in [6.45, 7) is 8.45. The molecule has 0 aromatic rings. The van der Waals surface area contributed by atoms with Gasteiger partial charge in [-0.05, 0) is 12.8 Å². The minimum absolute atomic E-state index is 0.340. The Morgan fingerprint density at radius 3 is 2.47 bits per heavy atom. The van der Waals surface area contributed by atoms with Gasteiger partial charge in [-0.15, -0.1) is 6.58 Å². The first kappa shape index (κ1) is 15.5. The predicted octanol–water partition coefficient (Wildman–Crippen LogP) is 1.85. The van der Waals surface area contributed by atoms with Gasteiger partial charge in [-0.3, -0.25) is 0 Å². The van der Waals surface area contributed by atoms with Gasteiger partial charge in [0.15, 0.2) is 0 Å². The van der Waals surface area contributed by atoms with Crippen LogP contribution in [-0.4, -0.2) is 41.1 Å². The summed E-state index contributed by atoms with van der Waals surface area (Å²) in [4.78, 5) is 24.3. The van der Waals surface area contributed by atoms with Crippen LogP contribution in [0.4, 0.5) is 4.79 Å². The molecular weight excluding hydrogens is 220 g/mol. The van der Waals surface area contributed by atoms with E-state index in [2.05, 4.69) is 11.9 Å². The molecule has 0 aliphatic heterocycles. The van der Waals surface area contributed by atoms with E-state index in [0.29, 0.717) is 25.9 Å². The minimum Gasteiger partial charge on any atom is -0.480 e. The molecule has 0 aromatic carbocycles. The van der Waals surface area contributed by atoms with Crippen LogP contribution in [-0.2, 0) is 4.79 Å². The largest absolute Gasteiger partial charge is 0.480 e. The summed E-state index contributed by atoms with van der Waals surface area (Å²) in [5.41, 5.74) is 0. The molecule has 0 heterocycles. The maximum absolute atomic E-state index is 11.8. The van der Waals surface area contributed by atoms with Gasteiger partial charge < -0.3 is 15.3 Å². The number of aliphatic carboxylic acids is 1.